The van der Waals surface area contributed by atoms with Gasteiger partial charge in [0.1, 0.15) is 11.3 Å². The number of H-pyrrole nitrogens is 1. The van der Waals surface area contributed by atoms with Crippen LogP contribution < -0.4 is 9.64 Å². The van der Waals surface area contributed by atoms with Gasteiger partial charge in [-0.1, -0.05) is 17.7 Å². The van der Waals surface area contributed by atoms with Crippen LogP contribution in [0.15, 0.2) is 30.6 Å². The fourth-order valence-electron chi connectivity index (χ4n) is 3.21. The van der Waals surface area contributed by atoms with Crippen molar-refractivity contribution < 1.29 is 22.7 Å². The van der Waals surface area contributed by atoms with E-state index in [-0.39, 0.29) is 24.0 Å². The molecule has 30 heavy (non-hydrogen) atoms. The maximum Gasteiger partial charge on any atom is 0.451 e. The number of hydrogen-bond acceptors (Lipinski definition) is 6. The molecule has 0 atom stereocenters. The van der Waals surface area contributed by atoms with Crippen LogP contribution in [0.25, 0.3) is 11.2 Å². The largest absolute Gasteiger partial charge is 0.484 e. The average Bonchev–Trinajstić information content (AvgIpc) is 3.21. The lowest BCUT2D eigenvalue weighted by Crippen LogP contribution is -2.50. The highest BCUT2D eigenvalue weighted by molar-refractivity contribution is 5.83. The van der Waals surface area contributed by atoms with E-state index in [2.05, 4.69) is 19.9 Å². The number of aryl methyl sites for hydroxylation is 1. The van der Waals surface area contributed by atoms with Gasteiger partial charge in [-0.3, -0.25) is 4.79 Å². The smallest absolute Gasteiger partial charge is 0.451 e. The van der Waals surface area contributed by atoms with Crippen molar-refractivity contribution in [3.8, 4) is 5.75 Å². The Morgan fingerprint density at radius 1 is 1.13 bits per heavy atom. The molecule has 11 heteroatoms. The summed E-state index contributed by atoms with van der Waals surface area (Å²) >= 11 is 0. The molecule has 3 heterocycles. The Bertz CT molecular complexity index is 1040. The minimum Gasteiger partial charge on any atom is -0.484 e. The number of anilines is 1. The fraction of sp³-hybridized carbons (Fsp3) is 0.368. The van der Waals surface area contributed by atoms with Crippen LogP contribution in [0.4, 0.5) is 19.0 Å². The number of imidazole rings is 1. The number of amides is 1. The summed E-state index contributed by atoms with van der Waals surface area (Å²) in [7, 11) is 0. The fourth-order valence-corrected chi connectivity index (χ4v) is 3.21. The minimum atomic E-state index is -4.67. The van der Waals surface area contributed by atoms with Gasteiger partial charge in [-0.2, -0.15) is 13.2 Å². The molecule has 0 saturated carbocycles. The van der Waals surface area contributed by atoms with Crippen molar-refractivity contribution in [2.75, 3.05) is 37.7 Å². The minimum absolute atomic E-state index is 0.0441. The third-order valence-corrected chi connectivity index (χ3v) is 4.84. The van der Waals surface area contributed by atoms with E-state index in [0.29, 0.717) is 37.4 Å². The van der Waals surface area contributed by atoms with E-state index in [1.54, 1.807) is 21.9 Å². The second-order valence-corrected chi connectivity index (χ2v) is 6.94. The highest BCUT2D eigenvalue weighted by Gasteiger charge is 2.37. The molecule has 0 bridgehead atoms. The number of fused-ring (bicyclic) bond motifs is 1. The van der Waals surface area contributed by atoms with Crippen LogP contribution >= 0.6 is 0 Å². The first-order valence-corrected chi connectivity index (χ1v) is 9.32. The summed E-state index contributed by atoms with van der Waals surface area (Å²) in [6.07, 6.45) is -3.39. The van der Waals surface area contributed by atoms with Crippen molar-refractivity contribution in [1.29, 1.82) is 0 Å². The summed E-state index contributed by atoms with van der Waals surface area (Å²) in [6.45, 7) is 3.21. The molecular formula is C19H19F3N6O2. The number of halogens is 3. The molecule has 3 aromatic rings. The van der Waals surface area contributed by atoms with Crippen LogP contribution in [-0.2, 0) is 11.0 Å². The van der Waals surface area contributed by atoms with Gasteiger partial charge in [-0.25, -0.2) is 15.0 Å². The predicted molar refractivity (Wildman–Crippen MR) is 102 cm³/mol. The quantitative estimate of drug-likeness (QED) is 0.698. The van der Waals surface area contributed by atoms with Crippen LogP contribution in [0.3, 0.4) is 0 Å². The first-order valence-electron chi connectivity index (χ1n) is 9.32. The van der Waals surface area contributed by atoms with Gasteiger partial charge in [-0.05, 0) is 19.1 Å². The molecule has 1 aliphatic rings. The second kappa shape index (κ2) is 7.81. The number of rotatable bonds is 4. The highest BCUT2D eigenvalue weighted by Crippen LogP contribution is 2.30. The molecule has 1 saturated heterocycles. The van der Waals surface area contributed by atoms with Gasteiger partial charge in [0.15, 0.2) is 18.1 Å². The van der Waals surface area contributed by atoms with E-state index in [0.717, 1.165) is 5.56 Å². The summed E-state index contributed by atoms with van der Waals surface area (Å²) in [6, 6.07) is 7.38. The molecule has 158 valence electrons. The first kappa shape index (κ1) is 19.9. The Labute approximate surface area is 169 Å². The van der Waals surface area contributed by atoms with E-state index in [1.165, 1.54) is 6.33 Å². The number of benzene rings is 1. The highest BCUT2D eigenvalue weighted by atomic mass is 19.4. The van der Waals surface area contributed by atoms with Crippen molar-refractivity contribution in [2.45, 2.75) is 13.1 Å². The van der Waals surface area contributed by atoms with Crippen LogP contribution in [0.5, 0.6) is 5.75 Å². The molecular weight excluding hydrogens is 401 g/mol. The maximum absolute atomic E-state index is 13.1. The molecule has 1 fully saturated rings. The Balaban J connectivity index is 1.41. The van der Waals surface area contributed by atoms with Gasteiger partial charge in [0.05, 0.1) is 6.33 Å². The normalized spacial score (nSPS) is 14.9. The standard InChI is InChI=1S/C19H19F3N6O2/c1-12-2-4-13(5-3-12)30-10-14(29)27-6-8-28(9-7-27)17-15-16(24-11-23-15)25-18(26-17)19(20,21)22/h2-5,11H,6-10H2,1H3,(H,23,24,25,26). The van der Waals surface area contributed by atoms with Crippen LogP contribution in [-0.4, -0.2) is 63.5 Å². The van der Waals surface area contributed by atoms with Crippen LogP contribution in [0.2, 0.25) is 0 Å². The van der Waals surface area contributed by atoms with Crippen molar-refractivity contribution in [1.82, 2.24) is 24.8 Å². The third-order valence-electron chi connectivity index (χ3n) is 4.84. The lowest BCUT2D eigenvalue weighted by molar-refractivity contribution is -0.144. The number of carbonyl (C=O) groups is 1. The Morgan fingerprint density at radius 3 is 2.50 bits per heavy atom. The van der Waals surface area contributed by atoms with E-state index in [1.807, 2.05) is 19.1 Å². The summed E-state index contributed by atoms with van der Waals surface area (Å²) in [5.41, 5.74) is 1.39. The maximum atomic E-state index is 13.1. The molecule has 0 unspecified atom stereocenters. The number of piperazine rings is 1. The van der Waals surface area contributed by atoms with Gasteiger partial charge in [0, 0.05) is 26.2 Å². The molecule has 2 aromatic heterocycles. The lowest BCUT2D eigenvalue weighted by atomic mass is 10.2. The van der Waals surface area contributed by atoms with Gasteiger partial charge >= 0.3 is 6.18 Å². The zero-order valence-electron chi connectivity index (χ0n) is 16.1. The second-order valence-electron chi connectivity index (χ2n) is 6.94. The molecule has 1 aromatic carbocycles. The predicted octanol–water partition coefficient (Wildman–Crippen LogP) is 2.41. The zero-order valence-corrected chi connectivity index (χ0v) is 16.1. The molecule has 8 nitrogen and oxygen atoms in total. The van der Waals surface area contributed by atoms with E-state index in [4.69, 9.17) is 4.74 Å². The average molecular weight is 420 g/mol. The van der Waals surface area contributed by atoms with Gasteiger partial charge in [0.2, 0.25) is 5.82 Å². The van der Waals surface area contributed by atoms with Crippen LogP contribution in [0, 0.1) is 6.92 Å². The monoisotopic (exact) mass is 420 g/mol. The third kappa shape index (κ3) is 4.14. The first-order chi connectivity index (χ1) is 14.3. The topological polar surface area (TPSA) is 87.2 Å². The van der Waals surface area contributed by atoms with E-state index >= 15 is 0 Å². The molecule has 0 radical (unpaired) electrons. The number of nitrogens with one attached hydrogen (secondary N) is 1. The number of carbonyl (C=O) groups excluding carboxylic acids is 1. The molecule has 1 N–H and O–H groups in total. The Morgan fingerprint density at radius 2 is 1.83 bits per heavy atom. The number of ether oxygens (including phenoxy) is 1. The Kier molecular flexibility index (Phi) is 5.18. The van der Waals surface area contributed by atoms with Gasteiger partial charge < -0.3 is 19.5 Å². The number of hydrogen-bond donors (Lipinski definition) is 1. The van der Waals surface area contributed by atoms with Crippen molar-refractivity contribution in [3.63, 3.8) is 0 Å². The molecule has 1 amide bonds. The lowest BCUT2D eigenvalue weighted by Gasteiger charge is -2.35. The molecule has 0 spiro atoms. The van der Waals surface area contributed by atoms with Crippen molar-refractivity contribution >= 4 is 22.9 Å². The summed E-state index contributed by atoms with van der Waals surface area (Å²) in [5.74, 6) is -0.676. The number of alkyl halides is 3. The van der Waals surface area contributed by atoms with Crippen LogP contribution in [0.1, 0.15) is 11.4 Å². The van der Waals surface area contributed by atoms with Gasteiger partial charge in [-0.15, -0.1) is 0 Å². The number of nitrogens with zero attached hydrogens (tertiary/aromatic N) is 5. The summed E-state index contributed by atoms with van der Waals surface area (Å²) < 4.78 is 44.9. The Hall–Kier alpha value is -3.37. The van der Waals surface area contributed by atoms with Crippen molar-refractivity contribution in [2.24, 2.45) is 0 Å². The van der Waals surface area contributed by atoms with E-state index < -0.39 is 12.0 Å². The molecule has 0 aliphatic carbocycles. The summed E-state index contributed by atoms with van der Waals surface area (Å²) in [4.78, 5) is 29.6. The van der Waals surface area contributed by atoms with Crippen molar-refractivity contribution in [3.05, 3.63) is 42.0 Å². The summed E-state index contributed by atoms with van der Waals surface area (Å²) in [5, 5.41) is 0. The van der Waals surface area contributed by atoms with Gasteiger partial charge in [0.25, 0.3) is 5.91 Å². The van der Waals surface area contributed by atoms with E-state index in [9.17, 15) is 18.0 Å². The number of aromatic nitrogens is 4. The molecule has 4 rings (SSSR count). The SMILES string of the molecule is Cc1ccc(OCC(=O)N2CCN(c3nc(C(F)(F)F)nc4nc[nH]c34)CC2)cc1. The molecule has 1 aliphatic heterocycles. The number of aromatic amines is 1. The zero-order chi connectivity index (χ0) is 21.3.